The molecule has 0 unspecified atom stereocenters. The van der Waals surface area contributed by atoms with E-state index in [1.54, 1.807) is 18.2 Å². The summed E-state index contributed by atoms with van der Waals surface area (Å²) in [5.74, 6) is 0. The van der Waals surface area contributed by atoms with E-state index in [2.05, 4.69) is 9.97 Å². The van der Waals surface area contributed by atoms with Gasteiger partial charge in [0.2, 0.25) is 10.0 Å². The lowest BCUT2D eigenvalue weighted by Crippen LogP contribution is -2.13. The van der Waals surface area contributed by atoms with Gasteiger partial charge in [-0.15, -0.1) is 0 Å². The molecule has 20 heavy (non-hydrogen) atoms. The second-order valence-electron chi connectivity index (χ2n) is 4.79. The topological polar surface area (TPSA) is 85.9 Å². The Kier molecular flexibility index (Phi) is 2.74. The number of aromatic nitrogens is 2. The van der Waals surface area contributed by atoms with Crippen molar-refractivity contribution in [2.45, 2.75) is 18.7 Å². The number of primary sulfonamides is 1. The van der Waals surface area contributed by atoms with Gasteiger partial charge in [0.1, 0.15) is 0 Å². The normalized spacial score (nSPS) is 12.2. The number of pyridine rings is 2. The zero-order valence-electron chi connectivity index (χ0n) is 11.1. The molecule has 2 aromatic heterocycles. The van der Waals surface area contributed by atoms with E-state index in [9.17, 15) is 8.42 Å². The van der Waals surface area contributed by atoms with Crippen molar-refractivity contribution in [2.75, 3.05) is 0 Å². The first-order chi connectivity index (χ1) is 9.36. The maximum absolute atomic E-state index is 11.8. The van der Waals surface area contributed by atoms with Crippen LogP contribution in [0.25, 0.3) is 21.8 Å². The molecule has 5 nitrogen and oxygen atoms in total. The zero-order chi connectivity index (χ0) is 14.5. The summed E-state index contributed by atoms with van der Waals surface area (Å²) >= 11 is 0. The van der Waals surface area contributed by atoms with Crippen LogP contribution < -0.4 is 5.14 Å². The number of benzene rings is 1. The summed E-state index contributed by atoms with van der Waals surface area (Å²) in [6.07, 6.45) is 0. The minimum Gasteiger partial charge on any atom is -0.251 e. The van der Waals surface area contributed by atoms with Gasteiger partial charge >= 0.3 is 0 Å². The van der Waals surface area contributed by atoms with Gasteiger partial charge < -0.3 is 0 Å². The SMILES string of the molecule is Cc1ccc2cc(S(N)(=O)=O)c3ccc(C)nc3c2n1. The van der Waals surface area contributed by atoms with E-state index in [1.165, 1.54) is 0 Å². The third-order valence-electron chi connectivity index (χ3n) is 3.18. The molecule has 1 aromatic carbocycles. The van der Waals surface area contributed by atoms with E-state index in [4.69, 9.17) is 5.14 Å². The average molecular weight is 287 g/mol. The molecule has 0 spiro atoms. The van der Waals surface area contributed by atoms with Gasteiger partial charge in [-0.2, -0.15) is 0 Å². The molecule has 0 atom stereocenters. The van der Waals surface area contributed by atoms with Gasteiger partial charge in [0.15, 0.2) is 0 Å². The quantitative estimate of drug-likeness (QED) is 0.694. The molecule has 0 aliphatic carbocycles. The molecule has 2 N–H and O–H groups in total. The monoisotopic (exact) mass is 287 g/mol. The molecule has 0 aliphatic rings. The van der Waals surface area contributed by atoms with Crippen molar-refractivity contribution in [3.05, 3.63) is 41.7 Å². The van der Waals surface area contributed by atoms with E-state index in [0.29, 0.717) is 21.8 Å². The number of hydrogen-bond donors (Lipinski definition) is 1. The first kappa shape index (κ1) is 13.0. The number of sulfonamides is 1. The van der Waals surface area contributed by atoms with Crippen molar-refractivity contribution in [3.63, 3.8) is 0 Å². The summed E-state index contributed by atoms with van der Waals surface area (Å²) in [6.45, 7) is 3.74. The molecule has 2 heterocycles. The van der Waals surface area contributed by atoms with E-state index < -0.39 is 10.0 Å². The van der Waals surface area contributed by atoms with E-state index in [-0.39, 0.29) is 4.90 Å². The van der Waals surface area contributed by atoms with E-state index in [1.807, 2.05) is 26.0 Å². The van der Waals surface area contributed by atoms with E-state index in [0.717, 1.165) is 11.4 Å². The molecule has 102 valence electrons. The minimum absolute atomic E-state index is 0.0816. The van der Waals surface area contributed by atoms with Crippen LogP contribution in [0.5, 0.6) is 0 Å². The van der Waals surface area contributed by atoms with Crippen molar-refractivity contribution in [3.8, 4) is 0 Å². The van der Waals surface area contributed by atoms with Gasteiger partial charge in [0.25, 0.3) is 0 Å². The highest BCUT2D eigenvalue weighted by molar-refractivity contribution is 7.89. The summed E-state index contributed by atoms with van der Waals surface area (Å²) < 4.78 is 23.5. The fourth-order valence-corrected chi connectivity index (χ4v) is 3.03. The van der Waals surface area contributed by atoms with Crippen LogP contribution in [0.2, 0.25) is 0 Å². The van der Waals surface area contributed by atoms with Crippen LogP contribution in [0.3, 0.4) is 0 Å². The Morgan fingerprint density at radius 2 is 1.55 bits per heavy atom. The van der Waals surface area contributed by atoms with Gasteiger partial charge in [-0.1, -0.05) is 6.07 Å². The Morgan fingerprint density at radius 3 is 2.20 bits per heavy atom. The molecular weight excluding hydrogens is 274 g/mol. The summed E-state index contributed by atoms with van der Waals surface area (Å²) in [7, 11) is -3.81. The Bertz CT molecular complexity index is 949. The number of hydrogen-bond acceptors (Lipinski definition) is 4. The zero-order valence-corrected chi connectivity index (χ0v) is 11.9. The summed E-state index contributed by atoms with van der Waals surface area (Å²) in [5.41, 5.74) is 2.91. The molecule has 3 rings (SSSR count). The van der Waals surface area contributed by atoms with Crippen molar-refractivity contribution in [2.24, 2.45) is 5.14 Å². The number of rotatable bonds is 1. The van der Waals surface area contributed by atoms with Crippen LogP contribution in [0, 0.1) is 13.8 Å². The standard InChI is InChI=1S/C14H13N3O2S/c1-8-3-5-10-7-12(20(15,18)19)11-6-4-9(2)17-14(11)13(10)16-8/h3-7H,1-2H3,(H2,15,18,19). The molecule has 0 saturated heterocycles. The van der Waals surface area contributed by atoms with E-state index >= 15 is 0 Å². The second kappa shape index (κ2) is 4.22. The smallest absolute Gasteiger partial charge is 0.238 e. The molecule has 0 aliphatic heterocycles. The Hall–Kier alpha value is -2.05. The highest BCUT2D eigenvalue weighted by Crippen LogP contribution is 2.28. The maximum Gasteiger partial charge on any atom is 0.238 e. The third-order valence-corrected chi connectivity index (χ3v) is 4.13. The van der Waals surface area contributed by atoms with Crippen molar-refractivity contribution in [1.82, 2.24) is 9.97 Å². The molecule has 0 fully saturated rings. The molecule has 6 heteroatoms. The first-order valence-corrected chi connectivity index (χ1v) is 7.61. The lowest BCUT2D eigenvalue weighted by Gasteiger charge is -2.09. The molecule has 0 saturated carbocycles. The molecule has 3 aromatic rings. The number of fused-ring (bicyclic) bond motifs is 3. The van der Waals surface area contributed by atoms with Gasteiger partial charge in [-0.3, -0.25) is 9.97 Å². The largest absolute Gasteiger partial charge is 0.251 e. The predicted molar refractivity (Wildman–Crippen MR) is 77.9 cm³/mol. The van der Waals surface area contributed by atoms with Crippen molar-refractivity contribution >= 4 is 31.8 Å². The summed E-state index contributed by atoms with van der Waals surface area (Å²) in [4.78, 5) is 8.99. The van der Waals surface area contributed by atoms with Gasteiger partial charge in [0, 0.05) is 22.2 Å². The maximum atomic E-state index is 11.8. The van der Waals surface area contributed by atoms with Gasteiger partial charge in [-0.25, -0.2) is 13.6 Å². The van der Waals surface area contributed by atoms with Crippen LogP contribution in [-0.2, 0) is 10.0 Å². The Labute approximate surface area is 116 Å². The number of aryl methyl sites for hydroxylation is 2. The van der Waals surface area contributed by atoms with Crippen LogP contribution >= 0.6 is 0 Å². The summed E-state index contributed by atoms with van der Waals surface area (Å²) in [5, 5.41) is 6.52. The lowest BCUT2D eigenvalue weighted by molar-refractivity contribution is 0.598. The van der Waals surface area contributed by atoms with Crippen LogP contribution in [-0.4, -0.2) is 18.4 Å². The fourth-order valence-electron chi connectivity index (χ4n) is 2.26. The Morgan fingerprint density at radius 1 is 0.950 bits per heavy atom. The lowest BCUT2D eigenvalue weighted by atomic mass is 10.1. The highest BCUT2D eigenvalue weighted by Gasteiger charge is 2.16. The molecular formula is C14H13N3O2S. The minimum atomic E-state index is -3.81. The molecule has 0 amide bonds. The van der Waals surface area contributed by atoms with Crippen LogP contribution in [0.4, 0.5) is 0 Å². The van der Waals surface area contributed by atoms with Crippen LogP contribution in [0.1, 0.15) is 11.4 Å². The number of nitrogens with zero attached hydrogens (tertiary/aromatic N) is 2. The molecule has 0 bridgehead atoms. The summed E-state index contributed by atoms with van der Waals surface area (Å²) in [6, 6.07) is 8.70. The van der Waals surface area contributed by atoms with Gasteiger partial charge in [-0.05, 0) is 38.1 Å². The predicted octanol–water partition coefficient (Wildman–Crippen LogP) is 2.05. The third kappa shape index (κ3) is 2.03. The highest BCUT2D eigenvalue weighted by atomic mass is 32.2. The van der Waals surface area contributed by atoms with Crippen LogP contribution in [0.15, 0.2) is 35.2 Å². The van der Waals surface area contributed by atoms with Crippen molar-refractivity contribution in [1.29, 1.82) is 0 Å². The average Bonchev–Trinajstić information content (AvgIpc) is 2.36. The molecule has 0 radical (unpaired) electrons. The number of nitrogens with two attached hydrogens (primary N) is 1. The van der Waals surface area contributed by atoms with Crippen molar-refractivity contribution < 1.29 is 8.42 Å². The first-order valence-electron chi connectivity index (χ1n) is 6.07. The fraction of sp³-hybridized carbons (Fsp3) is 0.143. The second-order valence-corrected chi connectivity index (χ2v) is 6.32. The Balaban J connectivity index is 2.62. The van der Waals surface area contributed by atoms with Gasteiger partial charge in [0.05, 0.1) is 15.9 Å².